The van der Waals surface area contributed by atoms with Gasteiger partial charge in [0.1, 0.15) is 18.1 Å². The highest BCUT2D eigenvalue weighted by atomic mass is 32.1. The van der Waals surface area contributed by atoms with E-state index in [1.807, 2.05) is 47.0 Å². The second kappa shape index (κ2) is 5.70. The summed E-state index contributed by atoms with van der Waals surface area (Å²) in [5.41, 5.74) is 2.81. The van der Waals surface area contributed by atoms with Gasteiger partial charge >= 0.3 is 0 Å². The lowest BCUT2D eigenvalue weighted by Gasteiger charge is -2.06. The number of rotatable bonds is 5. The zero-order valence-electron chi connectivity index (χ0n) is 13.5. The molecule has 0 aliphatic heterocycles. The van der Waals surface area contributed by atoms with Crippen LogP contribution < -0.4 is 4.74 Å². The van der Waals surface area contributed by atoms with Crippen LogP contribution in [0.25, 0.3) is 15.2 Å². The number of aromatic nitrogens is 2. The van der Waals surface area contributed by atoms with E-state index < -0.39 is 0 Å². The third-order valence-electron chi connectivity index (χ3n) is 4.51. The first-order valence-electron chi connectivity index (χ1n) is 8.40. The number of ketones is 1. The molecule has 0 saturated heterocycles. The van der Waals surface area contributed by atoms with E-state index in [4.69, 9.17) is 4.74 Å². The molecule has 0 bridgehead atoms. The number of fused-ring (bicyclic) bond motifs is 3. The molecule has 1 fully saturated rings. The normalized spacial score (nSPS) is 14.2. The van der Waals surface area contributed by atoms with E-state index in [-0.39, 0.29) is 11.7 Å². The van der Waals surface area contributed by atoms with Gasteiger partial charge in [0.15, 0.2) is 10.7 Å². The lowest BCUT2D eigenvalue weighted by molar-refractivity contribution is 0.0963. The van der Waals surface area contributed by atoms with E-state index in [0.29, 0.717) is 12.3 Å². The summed E-state index contributed by atoms with van der Waals surface area (Å²) < 4.78 is 9.02. The predicted molar refractivity (Wildman–Crippen MR) is 98.4 cm³/mol. The smallest absolute Gasteiger partial charge is 0.195 e. The average molecular weight is 348 g/mol. The summed E-state index contributed by atoms with van der Waals surface area (Å²) in [6.45, 7) is 0.550. The summed E-state index contributed by atoms with van der Waals surface area (Å²) in [5, 5.41) is 0. The van der Waals surface area contributed by atoms with E-state index in [9.17, 15) is 4.79 Å². The zero-order valence-corrected chi connectivity index (χ0v) is 14.3. The minimum absolute atomic E-state index is 0.187. The monoisotopic (exact) mass is 348 g/mol. The van der Waals surface area contributed by atoms with Crippen LogP contribution in [0.3, 0.4) is 0 Å². The molecular weight excluding hydrogens is 332 g/mol. The van der Waals surface area contributed by atoms with Gasteiger partial charge < -0.3 is 4.74 Å². The molecule has 0 N–H and O–H groups in total. The summed E-state index contributed by atoms with van der Waals surface area (Å²) in [6, 6.07) is 16.2. The maximum atomic E-state index is 12.2. The van der Waals surface area contributed by atoms with Crippen LogP contribution >= 0.6 is 11.3 Å². The molecule has 0 atom stereocenters. The second-order valence-corrected chi connectivity index (χ2v) is 7.43. The molecule has 124 valence electrons. The summed E-state index contributed by atoms with van der Waals surface area (Å²) in [5.74, 6) is 1.23. The van der Waals surface area contributed by atoms with Gasteiger partial charge in [0, 0.05) is 12.1 Å². The molecule has 5 rings (SSSR count). The molecule has 25 heavy (non-hydrogen) atoms. The Labute approximate surface area is 148 Å². The fraction of sp³-hybridized carbons (Fsp3) is 0.200. The molecule has 4 nitrogen and oxygen atoms in total. The second-order valence-electron chi connectivity index (χ2n) is 6.42. The van der Waals surface area contributed by atoms with E-state index >= 15 is 0 Å². The summed E-state index contributed by atoms with van der Waals surface area (Å²) in [4.78, 5) is 17.6. The fourth-order valence-electron chi connectivity index (χ4n) is 2.99. The zero-order chi connectivity index (χ0) is 16.8. The molecule has 0 radical (unpaired) electrons. The minimum Gasteiger partial charge on any atom is -0.489 e. The topological polar surface area (TPSA) is 43.6 Å². The Morgan fingerprint density at radius 2 is 2.04 bits per heavy atom. The Kier molecular flexibility index (Phi) is 3.35. The first-order chi connectivity index (χ1) is 12.3. The van der Waals surface area contributed by atoms with Gasteiger partial charge in [0.25, 0.3) is 0 Å². The van der Waals surface area contributed by atoms with E-state index in [1.54, 1.807) is 11.3 Å². The highest BCUT2D eigenvalue weighted by Gasteiger charge is 2.32. The summed E-state index contributed by atoms with van der Waals surface area (Å²) in [7, 11) is 0. The predicted octanol–water partition coefficient (Wildman–Crippen LogP) is 4.72. The van der Waals surface area contributed by atoms with Gasteiger partial charge in [-0.15, -0.1) is 0 Å². The molecule has 5 heteroatoms. The molecule has 1 aliphatic carbocycles. The summed E-state index contributed by atoms with van der Waals surface area (Å²) >= 11 is 1.59. The average Bonchev–Trinajstić information content (AvgIpc) is 3.32. The van der Waals surface area contributed by atoms with E-state index in [1.165, 1.54) is 0 Å². The van der Waals surface area contributed by atoms with E-state index in [0.717, 1.165) is 39.3 Å². The van der Waals surface area contributed by atoms with Crippen LogP contribution in [-0.4, -0.2) is 15.2 Å². The third-order valence-corrected chi connectivity index (χ3v) is 5.53. The molecule has 2 aromatic carbocycles. The minimum atomic E-state index is 0.187. The number of Topliss-reactive ketones (excluding diaryl/α,β-unsaturated/α-hetero) is 1. The van der Waals surface area contributed by atoms with Crippen molar-refractivity contribution in [3.63, 3.8) is 0 Å². The van der Waals surface area contributed by atoms with Crippen molar-refractivity contribution in [2.24, 2.45) is 5.92 Å². The van der Waals surface area contributed by atoms with Gasteiger partial charge in [-0.2, -0.15) is 0 Å². The van der Waals surface area contributed by atoms with Crippen LogP contribution in [0.5, 0.6) is 5.75 Å². The lowest BCUT2D eigenvalue weighted by atomic mass is 10.2. The Hall–Kier alpha value is -2.66. The van der Waals surface area contributed by atoms with Gasteiger partial charge in [-0.25, -0.2) is 4.98 Å². The van der Waals surface area contributed by atoms with Crippen LogP contribution in [0.15, 0.2) is 54.7 Å². The highest BCUT2D eigenvalue weighted by Crippen LogP contribution is 2.34. The molecule has 0 amide bonds. The van der Waals surface area contributed by atoms with Gasteiger partial charge in [-0.3, -0.25) is 9.20 Å². The molecule has 2 aromatic heterocycles. The molecule has 0 spiro atoms. The largest absolute Gasteiger partial charge is 0.489 e. The van der Waals surface area contributed by atoms with Crippen LogP contribution in [0.1, 0.15) is 28.9 Å². The van der Waals surface area contributed by atoms with Crippen LogP contribution in [0.4, 0.5) is 0 Å². The number of ether oxygens (including phenoxy) is 1. The number of hydrogen-bond donors (Lipinski definition) is 0. The van der Waals surface area contributed by atoms with Crippen LogP contribution in [0.2, 0.25) is 0 Å². The van der Waals surface area contributed by atoms with Crippen molar-refractivity contribution in [2.45, 2.75) is 19.4 Å². The van der Waals surface area contributed by atoms with Gasteiger partial charge in [0.2, 0.25) is 0 Å². The van der Waals surface area contributed by atoms with Crippen molar-refractivity contribution in [2.75, 3.05) is 0 Å². The highest BCUT2D eigenvalue weighted by molar-refractivity contribution is 7.23. The number of benzene rings is 2. The van der Waals surface area contributed by atoms with Gasteiger partial charge in [0.05, 0.1) is 10.2 Å². The van der Waals surface area contributed by atoms with Gasteiger partial charge in [-0.05, 0) is 36.6 Å². The number of carbonyl (C=O) groups is 1. The number of nitrogens with zero attached hydrogens (tertiary/aromatic N) is 2. The van der Waals surface area contributed by atoms with Crippen molar-refractivity contribution in [1.82, 2.24) is 9.38 Å². The first-order valence-corrected chi connectivity index (χ1v) is 9.22. The van der Waals surface area contributed by atoms with Gasteiger partial charge in [-0.1, -0.05) is 41.7 Å². The maximum Gasteiger partial charge on any atom is 0.195 e. The van der Waals surface area contributed by atoms with Crippen molar-refractivity contribution >= 4 is 32.3 Å². The molecule has 0 unspecified atom stereocenters. The SMILES string of the molecule is O=C(c1cn2c(n1)sc1cc(OCc3ccccc3)ccc12)C1CC1. The first kappa shape index (κ1) is 14.7. The van der Waals surface area contributed by atoms with Crippen molar-refractivity contribution < 1.29 is 9.53 Å². The maximum absolute atomic E-state index is 12.2. The number of carbonyl (C=O) groups excluding carboxylic acids is 1. The van der Waals surface area contributed by atoms with Crippen LogP contribution in [-0.2, 0) is 6.61 Å². The standard InChI is InChI=1S/C20H16N2O2S/c23-19(14-6-7-14)16-11-22-17-9-8-15(10-18(17)25-20(22)21-16)24-12-13-4-2-1-3-5-13/h1-5,8-11,14H,6-7,12H2. The Bertz CT molecular complexity index is 1080. The molecule has 2 heterocycles. The third kappa shape index (κ3) is 2.70. The molecule has 1 aliphatic rings. The van der Waals surface area contributed by atoms with E-state index in [2.05, 4.69) is 17.1 Å². The Morgan fingerprint density at radius 1 is 1.20 bits per heavy atom. The summed E-state index contributed by atoms with van der Waals surface area (Å²) in [6.07, 6.45) is 3.89. The Morgan fingerprint density at radius 3 is 2.84 bits per heavy atom. The van der Waals surface area contributed by atoms with Crippen molar-refractivity contribution in [3.05, 3.63) is 66.0 Å². The van der Waals surface area contributed by atoms with Crippen LogP contribution in [0, 0.1) is 5.92 Å². The molecular formula is C20H16N2O2S. The molecule has 1 saturated carbocycles. The quantitative estimate of drug-likeness (QED) is 0.490. The number of hydrogen-bond acceptors (Lipinski definition) is 4. The van der Waals surface area contributed by atoms with Crippen molar-refractivity contribution in [1.29, 1.82) is 0 Å². The lowest BCUT2D eigenvalue weighted by Crippen LogP contribution is -2.00. The fourth-order valence-corrected chi connectivity index (χ4v) is 4.02. The number of thiazole rings is 1. The van der Waals surface area contributed by atoms with Crippen molar-refractivity contribution in [3.8, 4) is 5.75 Å². The number of imidazole rings is 1. The molecule has 4 aromatic rings. The Balaban J connectivity index is 1.43.